The summed E-state index contributed by atoms with van der Waals surface area (Å²) in [7, 11) is -7.30. The summed E-state index contributed by atoms with van der Waals surface area (Å²) >= 11 is 0. The maximum absolute atomic E-state index is 12.7. The number of carbonyl (C=O) groups is 1. The monoisotopic (exact) mass is 559 g/mol. The third kappa shape index (κ3) is 6.90. The number of rotatable bonds is 10. The largest absolute Gasteiger partial charge is 0.492 e. The van der Waals surface area contributed by atoms with Gasteiger partial charge in [-0.3, -0.25) is 9.52 Å². The van der Waals surface area contributed by atoms with Gasteiger partial charge in [0, 0.05) is 24.3 Å². The average molecular weight is 560 g/mol. The number of nitrogens with zero attached hydrogens (tertiary/aromatic N) is 1. The summed E-state index contributed by atoms with van der Waals surface area (Å²) in [5, 5.41) is 2.73. The second kappa shape index (κ2) is 11.9. The van der Waals surface area contributed by atoms with Gasteiger partial charge in [-0.05, 0) is 67.6 Å². The highest BCUT2D eigenvalue weighted by atomic mass is 32.2. The molecule has 0 saturated carbocycles. The number of sulfonamides is 2. The molecule has 1 heterocycles. The van der Waals surface area contributed by atoms with Gasteiger partial charge in [0.15, 0.2) is 0 Å². The number of benzene rings is 3. The summed E-state index contributed by atoms with van der Waals surface area (Å²) in [4.78, 5) is 12.8. The molecular weight excluding hydrogens is 530 g/mol. The van der Waals surface area contributed by atoms with E-state index in [-0.39, 0.29) is 28.8 Å². The van der Waals surface area contributed by atoms with E-state index in [1.165, 1.54) is 52.8 Å². The summed E-state index contributed by atoms with van der Waals surface area (Å²) in [6, 6.07) is 18.7. The fraction of sp³-hybridized carbons (Fsp3) is 0.269. The Labute approximate surface area is 222 Å². The van der Waals surface area contributed by atoms with Crippen LogP contribution in [-0.4, -0.2) is 66.5 Å². The number of morpholine rings is 1. The Kier molecular flexibility index (Phi) is 8.67. The van der Waals surface area contributed by atoms with Crippen molar-refractivity contribution in [3.8, 4) is 5.75 Å². The van der Waals surface area contributed by atoms with Gasteiger partial charge in [0.25, 0.3) is 15.9 Å². The summed E-state index contributed by atoms with van der Waals surface area (Å²) < 4.78 is 65.1. The Morgan fingerprint density at radius 2 is 1.47 bits per heavy atom. The molecule has 0 radical (unpaired) electrons. The van der Waals surface area contributed by atoms with Crippen molar-refractivity contribution in [1.29, 1.82) is 0 Å². The van der Waals surface area contributed by atoms with E-state index in [9.17, 15) is 21.6 Å². The molecule has 1 aliphatic rings. The van der Waals surface area contributed by atoms with E-state index >= 15 is 0 Å². The quantitative estimate of drug-likeness (QED) is 0.365. The molecule has 1 saturated heterocycles. The zero-order valence-corrected chi connectivity index (χ0v) is 22.4. The number of aryl methyl sites for hydroxylation is 1. The summed E-state index contributed by atoms with van der Waals surface area (Å²) in [6.07, 6.45) is 0. The Morgan fingerprint density at radius 1 is 0.868 bits per heavy atom. The van der Waals surface area contributed by atoms with Crippen molar-refractivity contribution in [2.75, 3.05) is 44.2 Å². The normalized spacial score (nSPS) is 14.6. The number of hydrogen-bond acceptors (Lipinski definition) is 7. The fourth-order valence-electron chi connectivity index (χ4n) is 3.70. The molecule has 1 aliphatic heterocycles. The molecule has 0 aromatic heterocycles. The second-order valence-electron chi connectivity index (χ2n) is 8.59. The molecule has 0 atom stereocenters. The van der Waals surface area contributed by atoms with E-state index in [0.717, 1.165) is 5.56 Å². The van der Waals surface area contributed by atoms with Crippen LogP contribution in [0.3, 0.4) is 0 Å². The van der Waals surface area contributed by atoms with Crippen LogP contribution < -0.4 is 14.8 Å². The fourth-order valence-corrected chi connectivity index (χ4v) is 6.17. The van der Waals surface area contributed by atoms with Gasteiger partial charge >= 0.3 is 0 Å². The van der Waals surface area contributed by atoms with E-state index in [0.29, 0.717) is 43.3 Å². The lowest BCUT2D eigenvalue weighted by atomic mass is 10.2. The van der Waals surface area contributed by atoms with Crippen molar-refractivity contribution in [2.24, 2.45) is 0 Å². The minimum Gasteiger partial charge on any atom is -0.492 e. The molecule has 0 bridgehead atoms. The highest BCUT2D eigenvalue weighted by Crippen LogP contribution is 2.21. The van der Waals surface area contributed by atoms with Gasteiger partial charge in [0.1, 0.15) is 12.4 Å². The molecule has 4 rings (SSSR count). The van der Waals surface area contributed by atoms with Crippen molar-refractivity contribution in [3.63, 3.8) is 0 Å². The van der Waals surface area contributed by atoms with Gasteiger partial charge in [-0.15, -0.1) is 0 Å². The smallest absolute Gasteiger partial charge is 0.261 e. The molecule has 38 heavy (non-hydrogen) atoms. The third-order valence-electron chi connectivity index (χ3n) is 5.82. The average Bonchev–Trinajstić information content (AvgIpc) is 2.92. The standard InChI is InChI=1S/C26H29N3O7S2/c1-20-2-10-24(11-3-20)37(31,32)28-22-6-4-21(5-7-22)26(30)27-14-17-36-23-8-12-25(13-9-23)38(33,34)29-15-18-35-19-16-29/h2-13,28H,14-19H2,1H3,(H,27,30). The van der Waals surface area contributed by atoms with Crippen LogP contribution in [0.15, 0.2) is 82.6 Å². The van der Waals surface area contributed by atoms with Gasteiger partial charge in [0.05, 0.1) is 29.5 Å². The zero-order valence-electron chi connectivity index (χ0n) is 20.8. The minimum absolute atomic E-state index is 0.151. The van der Waals surface area contributed by atoms with Crippen molar-refractivity contribution in [1.82, 2.24) is 9.62 Å². The molecule has 12 heteroatoms. The first kappa shape index (κ1) is 27.6. The number of anilines is 1. The van der Waals surface area contributed by atoms with E-state index in [1.54, 1.807) is 24.3 Å². The molecule has 3 aromatic carbocycles. The lowest BCUT2D eigenvalue weighted by Gasteiger charge is -2.26. The molecule has 0 aliphatic carbocycles. The van der Waals surface area contributed by atoms with Crippen molar-refractivity contribution >= 4 is 31.6 Å². The number of amides is 1. The van der Waals surface area contributed by atoms with Crippen LogP contribution in [0.4, 0.5) is 5.69 Å². The molecule has 2 N–H and O–H groups in total. The predicted molar refractivity (Wildman–Crippen MR) is 142 cm³/mol. The maximum Gasteiger partial charge on any atom is 0.261 e. The molecule has 202 valence electrons. The van der Waals surface area contributed by atoms with E-state index in [4.69, 9.17) is 9.47 Å². The van der Waals surface area contributed by atoms with Crippen LogP contribution in [-0.2, 0) is 24.8 Å². The van der Waals surface area contributed by atoms with Crippen molar-refractivity contribution in [2.45, 2.75) is 16.7 Å². The lowest BCUT2D eigenvalue weighted by Crippen LogP contribution is -2.40. The van der Waals surface area contributed by atoms with E-state index in [1.807, 2.05) is 6.92 Å². The number of carbonyl (C=O) groups excluding carboxylic acids is 1. The van der Waals surface area contributed by atoms with E-state index in [2.05, 4.69) is 10.0 Å². The minimum atomic E-state index is -3.73. The first-order chi connectivity index (χ1) is 18.1. The Hall–Kier alpha value is -3.45. The van der Waals surface area contributed by atoms with Crippen LogP contribution >= 0.6 is 0 Å². The lowest BCUT2D eigenvalue weighted by molar-refractivity contribution is 0.0730. The molecule has 0 unspecified atom stereocenters. The summed E-state index contributed by atoms with van der Waals surface area (Å²) in [5.74, 6) is 0.138. The third-order valence-corrected chi connectivity index (χ3v) is 9.13. The molecule has 10 nitrogen and oxygen atoms in total. The van der Waals surface area contributed by atoms with Crippen molar-refractivity contribution < 1.29 is 31.1 Å². The number of ether oxygens (including phenoxy) is 2. The molecule has 3 aromatic rings. The Balaban J connectivity index is 1.24. The highest BCUT2D eigenvalue weighted by Gasteiger charge is 2.26. The van der Waals surface area contributed by atoms with Crippen LogP contribution in [0, 0.1) is 6.92 Å². The summed E-state index contributed by atoms with van der Waals surface area (Å²) in [5.41, 5.74) is 1.66. The van der Waals surface area contributed by atoms with Crippen LogP contribution in [0.5, 0.6) is 5.75 Å². The maximum atomic E-state index is 12.7. The molecule has 0 spiro atoms. The SMILES string of the molecule is Cc1ccc(S(=O)(=O)Nc2ccc(C(=O)NCCOc3ccc(S(=O)(=O)N4CCOCC4)cc3)cc2)cc1. The Morgan fingerprint density at radius 3 is 2.11 bits per heavy atom. The number of hydrogen-bond donors (Lipinski definition) is 2. The molecule has 1 amide bonds. The first-order valence-corrected chi connectivity index (χ1v) is 14.9. The number of nitrogens with one attached hydrogen (secondary N) is 2. The van der Waals surface area contributed by atoms with Gasteiger partial charge in [-0.25, -0.2) is 16.8 Å². The first-order valence-electron chi connectivity index (χ1n) is 11.9. The molecule has 1 fully saturated rings. The van der Waals surface area contributed by atoms with Gasteiger partial charge in [-0.1, -0.05) is 17.7 Å². The van der Waals surface area contributed by atoms with Crippen LogP contribution in [0.25, 0.3) is 0 Å². The van der Waals surface area contributed by atoms with Gasteiger partial charge in [0.2, 0.25) is 10.0 Å². The van der Waals surface area contributed by atoms with Crippen molar-refractivity contribution in [3.05, 3.63) is 83.9 Å². The second-order valence-corrected chi connectivity index (χ2v) is 12.2. The summed E-state index contributed by atoms with van der Waals surface area (Å²) in [6.45, 7) is 3.67. The van der Waals surface area contributed by atoms with Gasteiger partial charge in [-0.2, -0.15) is 4.31 Å². The molecular formula is C26H29N3O7S2. The van der Waals surface area contributed by atoms with Gasteiger partial charge < -0.3 is 14.8 Å². The highest BCUT2D eigenvalue weighted by molar-refractivity contribution is 7.92. The topological polar surface area (TPSA) is 131 Å². The predicted octanol–water partition coefficient (Wildman–Crippen LogP) is 2.63. The Bertz CT molecular complexity index is 1450. The zero-order chi connectivity index (χ0) is 27.2. The van der Waals surface area contributed by atoms with Crippen LogP contribution in [0.1, 0.15) is 15.9 Å². The van der Waals surface area contributed by atoms with Crippen LogP contribution in [0.2, 0.25) is 0 Å². The van der Waals surface area contributed by atoms with E-state index < -0.39 is 20.0 Å².